The minimum atomic E-state index is -0.856. The number of benzene rings is 2. The second-order valence-corrected chi connectivity index (χ2v) is 10.4. The molecule has 0 aliphatic carbocycles. The molecule has 4 rings (SSSR count). The summed E-state index contributed by atoms with van der Waals surface area (Å²) >= 11 is 1.13. The van der Waals surface area contributed by atoms with E-state index in [9.17, 15) is 19.7 Å². The van der Waals surface area contributed by atoms with Crippen molar-refractivity contribution in [3.8, 4) is 11.5 Å². The zero-order valence-corrected chi connectivity index (χ0v) is 23.4. The number of hydrogen-bond acceptors (Lipinski definition) is 9. The fraction of sp³-hybridized carbons (Fsp3) is 0.276. The van der Waals surface area contributed by atoms with Crippen molar-refractivity contribution in [2.45, 2.75) is 26.8 Å². The van der Waals surface area contributed by atoms with Gasteiger partial charge < -0.3 is 14.2 Å². The molecule has 10 nitrogen and oxygen atoms in total. The molecule has 0 saturated carbocycles. The van der Waals surface area contributed by atoms with E-state index in [4.69, 9.17) is 14.2 Å². The molecule has 208 valence electrons. The monoisotopic (exact) mass is 563 g/mol. The van der Waals surface area contributed by atoms with Gasteiger partial charge in [0.1, 0.15) is 6.61 Å². The molecule has 0 fully saturated rings. The number of carbonyl (C=O) groups excluding carboxylic acids is 1. The number of non-ortho nitro benzene ring substituents is 1. The predicted octanol–water partition coefficient (Wildman–Crippen LogP) is 3.92. The molecular formula is C29H29N3O7S. The summed E-state index contributed by atoms with van der Waals surface area (Å²) in [6.45, 7) is 9.71. The smallest absolute Gasteiger partial charge is 0.338 e. The molecule has 1 atom stereocenters. The Labute approximate surface area is 234 Å². The van der Waals surface area contributed by atoms with Crippen LogP contribution in [0.5, 0.6) is 11.5 Å². The van der Waals surface area contributed by atoms with E-state index in [0.29, 0.717) is 37.7 Å². The van der Waals surface area contributed by atoms with Crippen molar-refractivity contribution in [2.24, 2.45) is 10.9 Å². The highest BCUT2D eigenvalue weighted by Crippen LogP contribution is 2.36. The molecule has 1 aliphatic rings. The third-order valence-electron chi connectivity index (χ3n) is 6.03. The molecule has 1 aromatic heterocycles. The second kappa shape index (κ2) is 12.1. The van der Waals surface area contributed by atoms with Crippen LogP contribution < -0.4 is 24.4 Å². The molecule has 40 heavy (non-hydrogen) atoms. The summed E-state index contributed by atoms with van der Waals surface area (Å²) in [5.41, 5.74) is 1.26. The van der Waals surface area contributed by atoms with Crippen molar-refractivity contribution < 1.29 is 23.9 Å². The number of allylic oxidation sites excluding steroid dienone is 1. The third-order valence-corrected chi connectivity index (χ3v) is 7.01. The number of carbonyl (C=O) groups is 1. The molecule has 1 aliphatic heterocycles. The van der Waals surface area contributed by atoms with Crippen molar-refractivity contribution in [3.05, 3.63) is 107 Å². The van der Waals surface area contributed by atoms with Crippen LogP contribution in [0.25, 0.3) is 6.08 Å². The molecular weight excluding hydrogens is 534 g/mol. The number of fused-ring (bicyclic) bond motifs is 1. The van der Waals surface area contributed by atoms with E-state index in [2.05, 4.69) is 11.6 Å². The quantitative estimate of drug-likeness (QED) is 0.159. The Kier molecular flexibility index (Phi) is 8.64. The fourth-order valence-electron chi connectivity index (χ4n) is 4.22. The first-order valence-electron chi connectivity index (χ1n) is 12.5. The Morgan fingerprint density at radius 1 is 1.25 bits per heavy atom. The van der Waals surface area contributed by atoms with E-state index in [1.165, 1.54) is 23.8 Å². The summed E-state index contributed by atoms with van der Waals surface area (Å²) in [4.78, 5) is 42.9. The lowest BCUT2D eigenvalue weighted by Crippen LogP contribution is -2.40. The Hall–Kier alpha value is -4.51. The Morgan fingerprint density at radius 3 is 2.70 bits per heavy atom. The number of ether oxygens (including phenoxy) is 3. The summed E-state index contributed by atoms with van der Waals surface area (Å²) in [6, 6.07) is 10.3. The van der Waals surface area contributed by atoms with Gasteiger partial charge in [0.15, 0.2) is 16.3 Å². The van der Waals surface area contributed by atoms with E-state index in [0.717, 1.165) is 11.3 Å². The number of hydrogen-bond donors (Lipinski definition) is 0. The molecule has 1 unspecified atom stereocenters. The van der Waals surface area contributed by atoms with Crippen LogP contribution in [-0.4, -0.2) is 35.8 Å². The highest BCUT2D eigenvalue weighted by molar-refractivity contribution is 7.07. The Morgan fingerprint density at radius 2 is 2.02 bits per heavy atom. The van der Waals surface area contributed by atoms with E-state index >= 15 is 0 Å². The highest BCUT2D eigenvalue weighted by Gasteiger charge is 2.34. The van der Waals surface area contributed by atoms with Crippen LogP contribution in [0.2, 0.25) is 0 Å². The first-order valence-corrected chi connectivity index (χ1v) is 13.3. The van der Waals surface area contributed by atoms with Gasteiger partial charge in [-0.3, -0.25) is 19.5 Å². The minimum absolute atomic E-state index is 0.0868. The van der Waals surface area contributed by atoms with Crippen LogP contribution in [0.3, 0.4) is 0 Å². The minimum Gasteiger partial charge on any atom is -0.493 e. The van der Waals surface area contributed by atoms with Crippen LogP contribution in [0, 0.1) is 16.0 Å². The summed E-state index contributed by atoms with van der Waals surface area (Å²) in [5, 5.41) is 11.2. The number of nitro groups is 1. The van der Waals surface area contributed by atoms with E-state index in [1.807, 2.05) is 13.8 Å². The van der Waals surface area contributed by atoms with Gasteiger partial charge in [0.25, 0.3) is 11.2 Å². The standard InChI is InChI=1S/C29H29N3O7S/c1-6-12-38-22-11-10-20(15-23(22)37-5)26-25(28(34)39-16-17(2)3)18(4)30-29-31(26)27(33)24(40-29)14-19-8-7-9-21(13-19)32(35)36/h6-11,13-15,17,26H,1,12,16H2,2-5H3. The lowest BCUT2D eigenvalue weighted by molar-refractivity contribution is -0.384. The van der Waals surface area contributed by atoms with Gasteiger partial charge >= 0.3 is 5.97 Å². The third kappa shape index (κ3) is 5.89. The zero-order valence-electron chi connectivity index (χ0n) is 22.6. The molecule has 0 spiro atoms. The van der Waals surface area contributed by atoms with Gasteiger partial charge in [0.2, 0.25) is 0 Å². The van der Waals surface area contributed by atoms with Crippen molar-refractivity contribution in [2.75, 3.05) is 20.3 Å². The molecule has 11 heteroatoms. The molecule has 0 amide bonds. The lowest BCUT2D eigenvalue weighted by atomic mass is 9.95. The van der Waals surface area contributed by atoms with Crippen LogP contribution in [0.15, 0.2) is 76.2 Å². The van der Waals surface area contributed by atoms with Crippen LogP contribution in [-0.2, 0) is 9.53 Å². The van der Waals surface area contributed by atoms with E-state index in [1.54, 1.807) is 49.4 Å². The normalized spacial score (nSPS) is 14.9. The molecule has 0 saturated heterocycles. The maximum atomic E-state index is 13.8. The Balaban J connectivity index is 1.91. The highest BCUT2D eigenvalue weighted by atomic mass is 32.1. The van der Waals surface area contributed by atoms with Gasteiger partial charge in [-0.15, -0.1) is 0 Å². The van der Waals surface area contributed by atoms with Crippen molar-refractivity contribution in [1.82, 2.24) is 4.57 Å². The number of thiazole rings is 1. The average molecular weight is 564 g/mol. The van der Waals surface area contributed by atoms with Crippen LogP contribution >= 0.6 is 11.3 Å². The van der Waals surface area contributed by atoms with Gasteiger partial charge in [0.05, 0.1) is 40.5 Å². The zero-order chi connectivity index (χ0) is 29.0. The second-order valence-electron chi connectivity index (χ2n) is 9.44. The van der Waals surface area contributed by atoms with Crippen LogP contribution in [0.4, 0.5) is 5.69 Å². The summed E-state index contributed by atoms with van der Waals surface area (Å²) < 4.78 is 18.6. The summed E-state index contributed by atoms with van der Waals surface area (Å²) in [7, 11) is 1.50. The van der Waals surface area contributed by atoms with E-state index < -0.39 is 22.5 Å². The number of nitrogens with zero attached hydrogens (tertiary/aromatic N) is 3. The first kappa shape index (κ1) is 28.5. The van der Waals surface area contributed by atoms with E-state index in [-0.39, 0.29) is 30.4 Å². The van der Waals surface area contributed by atoms with Gasteiger partial charge in [-0.05, 0) is 42.2 Å². The lowest BCUT2D eigenvalue weighted by Gasteiger charge is -2.25. The molecule has 0 radical (unpaired) electrons. The topological polar surface area (TPSA) is 122 Å². The molecule has 2 heterocycles. The summed E-state index contributed by atoms with van der Waals surface area (Å²) in [5.74, 6) is 0.441. The molecule has 2 aromatic carbocycles. The van der Waals surface area contributed by atoms with Gasteiger partial charge in [-0.25, -0.2) is 9.79 Å². The van der Waals surface area contributed by atoms with Gasteiger partial charge in [-0.1, -0.05) is 56.0 Å². The van der Waals surface area contributed by atoms with Gasteiger partial charge in [-0.2, -0.15) is 0 Å². The molecule has 0 N–H and O–H groups in total. The van der Waals surface area contributed by atoms with Gasteiger partial charge in [0, 0.05) is 12.1 Å². The predicted molar refractivity (Wildman–Crippen MR) is 151 cm³/mol. The maximum Gasteiger partial charge on any atom is 0.338 e. The number of methoxy groups -OCH3 is 1. The number of nitro benzene ring substituents is 1. The van der Waals surface area contributed by atoms with Crippen LogP contribution in [0.1, 0.15) is 37.9 Å². The summed E-state index contributed by atoms with van der Waals surface area (Å²) in [6.07, 6.45) is 3.19. The van der Waals surface area contributed by atoms with Crippen molar-refractivity contribution in [1.29, 1.82) is 0 Å². The first-order chi connectivity index (χ1) is 19.1. The largest absolute Gasteiger partial charge is 0.493 e. The number of esters is 1. The van der Waals surface area contributed by atoms with Crippen molar-refractivity contribution in [3.63, 3.8) is 0 Å². The van der Waals surface area contributed by atoms with Crippen molar-refractivity contribution >= 4 is 29.1 Å². The number of rotatable bonds is 10. The SMILES string of the molecule is C=CCOc1ccc(C2C(C(=O)OCC(C)C)=C(C)N=c3sc(=Cc4cccc([N+](=O)[O-])c4)c(=O)n32)cc1OC. The fourth-order valence-corrected chi connectivity index (χ4v) is 5.27. The molecule has 0 bridgehead atoms. The maximum absolute atomic E-state index is 13.8. The average Bonchev–Trinajstić information content (AvgIpc) is 3.23. The molecule has 3 aromatic rings. The Bertz CT molecular complexity index is 1680. The number of aromatic nitrogens is 1.